The topological polar surface area (TPSA) is 65.3 Å². The summed E-state index contributed by atoms with van der Waals surface area (Å²) in [6.07, 6.45) is 15.5. The summed E-state index contributed by atoms with van der Waals surface area (Å²) < 4.78 is 35.5. The van der Waals surface area contributed by atoms with Crippen LogP contribution in [-0.2, 0) is 28.4 Å². The van der Waals surface area contributed by atoms with Crippen molar-refractivity contribution in [3.05, 3.63) is 0 Å². The minimum atomic E-state index is 0.177. The Labute approximate surface area is 187 Å². The zero-order valence-electron chi connectivity index (χ0n) is 19.1. The summed E-state index contributed by atoms with van der Waals surface area (Å²) in [5.41, 5.74) is 0. The van der Waals surface area contributed by atoms with Crippen molar-refractivity contribution in [2.75, 3.05) is 39.6 Å². The van der Waals surface area contributed by atoms with E-state index in [1.807, 2.05) is 0 Å². The maximum absolute atomic E-state index is 6.58. The first kappa shape index (κ1) is 22.5. The number of epoxide rings is 3. The molecule has 5 aliphatic rings. The predicted octanol–water partition coefficient (Wildman–Crippen LogP) is 3.89. The van der Waals surface area contributed by atoms with E-state index in [1.54, 1.807) is 0 Å². The minimum absolute atomic E-state index is 0.177. The summed E-state index contributed by atoms with van der Waals surface area (Å²) >= 11 is 0. The molecule has 31 heavy (non-hydrogen) atoms. The zero-order chi connectivity index (χ0) is 20.9. The van der Waals surface area contributed by atoms with Gasteiger partial charge in [0.25, 0.3) is 0 Å². The fraction of sp³-hybridized carbons (Fsp3) is 1.00. The van der Waals surface area contributed by atoms with Gasteiger partial charge in [0.1, 0.15) is 18.3 Å². The highest BCUT2D eigenvalue weighted by Gasteiger charge is 2.38. The van der Waals surface area contributed by atoms with Crippen LogP contribution in [0.5, 0.6) is 0 Å². The molecule has 5 rings (SSSR count). The van der Waals surface area contributed by atoms with E-state index in [1.165, 1.54) is 51.4 Å². The molecule has 0 aromatic heterocycles. The van der Waals surface area contributed by atoms with Crippen molar-refractivity contribution in [1.82, 2.24) is 0 Å². The van der Waals surface area contributed by atoms with Crippen LogP contribution in [0, 0.1) is 11.8 Å². The van der Waals surface area contributed by atoms with Gasteiger partial charge in [-0.1, -0.05) is 44.9 Å². The second kappa shape index (κ2) is 11.3. The third kappa shape index (κ3) is 7.65. The first-order chi connectivity index (χ1) is 15.3. The molecular weight excluding hydrogens is 396 g/mol. The summed E-state index contributed by atoms with van der Waals surface area (Å²) in [6, 6.07) is 0. The first-order valence-corrected chi connectivity index (χ1v) is 13.0. The lowest BCUT2D eigenvalue weighted by molar-refractivity contribution is -0.0963. The molecule has 2 saturated carbocycles. The van der Waals surface area contributed by atoms with Crippen molar-refractivity contribution in [3.63, 3.8) is 0 Å². The second-order valence-corrected chi connectivity index (χ2v) is 10.5. The van der Waals surface area contributed by atoms with Crippen LogP contribution in [0.2, 0.25) is 0 Å². The fourth-order valence-corrected chi connectivity index (χ4v) is 5.65. The largest absolute Gasteiger partial charge is 0.375 e. The summed E-state index contributed by atoms with van der Waals surface area (Å²) in [4.78, 5) is 0. The van der Waals surface area contributed by atoms with Gasteiger partial charge >= 0.3 is 0 Å². The molecule has 6 heteroatoms. The number of rotatable bonds is 10. The lowest BCUT2D eigenvalue weighted by Gasteiger charge is -2.40. The summed E-state index contributed by atoms with van der Waals surface area (Å²) in [6.45, 7) is 4.74. The van der Waals surface area contributed by atoms with Crippen LogP contribution >= 0.6 is 0 Å². The third-order valence-corrected chi connectivity index (χ3v) is 7.81. The van der Waals surface area contributed by atoms with Gasteiger partial charge in [0, 0.05) is 6.42 Å². The van der Waals surface area contributed by atoms with Gasteiger partial charge < -0.3 is 28.4 Å². The second-order valence-electron chi connectivity index (χ2n) is 10.5. The van der Waals surface area contributed by atoms with Crippen molar-refractivity contribution in [2.24, 2.45) is 11.8 Å². The van der Waals surface area contributed by atoms with Crippen molar-refractivity contribution in [2.45, 2.75) is 107 Å². The van der Waals surface area contributed by atoms with E-state index in [9.17, 15) is 0 Å². The highest BCUT2D eigenvalue weighted by Crippen LogP contribution is 2.39. The Kier molecular flexibility index (Phi) is 8.19. The third-order valence-electron chi connectivity index (χ3n) is 7.81. The molecule has 0 aromatic carbocycles. The average molecular weight is 439 g/mol. The lowest BCUT2D eigenvalue weighted by Crippen LogP contribution is -2.40. The Balaban J connectivity index is 1.26. The number of hydrogen-bond donors (Lipinski definition) is 0. The molecule has 7 unspecified atom stereocenters. The van der Waals surface area contributed by atoms with Gasteiger partial charge in [0.05, 0.1) is 58.0 Å². The Morgan fingerprint density at radius 1 is 0.548 bits per heavy atom. The van der Waals surface area contributed by atoms with Gasteiger partial charge in [0.15, 0.2) is 0 Å². The summed E-state index contributed by atoms with van der Waals surface area (Å²) in [5, 5.41) is 0. The zero-order valence-corrected chi connectivity index (χ0v) is 19.1. The van der Waals surface area contributed by atoms with Crippen LogP contribution < -0.4 is 0 Å². The van der Waals surface area contributed by atoms with E-state index < -0.39 is 0 Å². The Morgan fingerprint density at radius 2 is 1.10 bits per heavy atom. The number of hydrogen-bond acceptors (Lipinski definition) is 6. The smallest absolute Gasteiger partial charge is 0.104 e. The SMILES string of the molecule is C1CCCC(C2CCC(OCC3CO3)CC(OCC3CO3)CC2OCC2CO2)CCC1. The van der Waals surface area contributed by atoms with Crippen LogP contribution in [0.3, 0.4) is 0 Å². The van der Waals surface area contributed by atoms with Crippen molar-refractivity contribution in [3.8, 4) is 0 Å². The molecule has 5 fully saturated rings. The fourth-order valence-electron chi connectivity index (χ4n) is 5.65. The van der Waals surface area contributed by atoms with E-state index >= 15 is 0 Å². The number of ether oxygens (including phenoxy) is 6. The standard InChI is InChI=1S/C25H42O6/c1-2-4-6-18(7-5-3-1)24-9-8-19(26-12-21-14-28-21)10-20(27-13-22-15-29-22)11-25(24)31-17-23-16-30-23/h18-25H,1-17H2. The molecule has 0 spiro atoms. The molecule has 3 aliphatic heterocycles. The Bertz CT molecular complexity index is 524. The van der Waals surface area contributed by atoms with E-state index in [2.05, 4.69) is 0 Å². The van der Waals surface area contributed by atoms with Crippen LogP contribution in [0.15, 0.2) is 0 Å². The monoisotopic (exact) mass is 438 g/mol. The maximum Gasteiger partial charge on any atom is 0.104 e. The molecule has 0 bridgehead atoms. The van der Waals surface area contributed by atoms with Gasteiger partial charge in [-0.25, -0.2) is 0 Å². The molecule has 3 heterocycles. The summed E-state index contributed by atoms with van der Waals surface area (Å²) in [5.74, 6) is 1.37. The normalized spacial score (nSPS) is 41.6. The van der Waals surface area contributed by atoms with Crippen molar-refractivity contribution < 1.29 is 28.4 Å². The molecule has 7 atom stereocenters. The molecule has 0 aromatic rings. The predicted molar refractivity (Wildman–Crippen MR) is 116 cm³/mol. The van der Waals surface area contributed by atoms with E-state index in [-0.39, 0.29) is 18.3 Å². The molecular formula is C25H42O6. The van der Waals surface area contributed by atoms with Crippen LogP contribution in [-0.4, -0.2) is 76.3 Å². The minimum Gasteiger partial charge on any atom is -0.375 e. The van der Waals surface area contributed by atoms with Gasteiger partial charge in [-0.2, -0.15) is 0 Å². The molecule has 0 N–H and O–H groups in total. The van der Waals surface area contributed by atoms with Gasteiger partial charge in [0.2, 0.25) is 0 Å². The molecule has 178 valence electrons. The van der Waals surface area contributed by atoms with Gasteiger partial charge in [-0.3, -0.25) is 0 Å². The molecule has 0 radical (unpaired) electrons. The lowest BCUT2D eigenvalue weighted by atomic mass is 9.73. The van der Waals surface area contributed by atoms with Gasteiger partial charge in [-0.05, 0) is 31.1 Å². The van der Waals surface area contributed by atoms with E-state index in [0.717, 1.165) is 58.2 Å². The van der Waals surface area contributed by atoms with Crippen molar-refractivity contribution in [1.29, 1.82) is 0 Å². The van der Waals surface area contributed by atoms with Crippen LogP contribution in [0.25, 0.3) is 0 Å². The molecule has 3 saturated heterocycles. The maximum atomic E-state index is 6.58. The van der Waals surface area contributed by atoms with E-state index in [4.69, 9.17) is 28.4 Å². The quantitative estimate of drug-likeness (QED) is 0.482. The average Bonchev–Trinajstić information content (AvgIpc) is 3.60. The van der Waals surface area contributed by atoms with Crippen LogP contribution in [0.1, 0.15) is 70.6 Å². The highest BCUT2D eigenvalue weighted by atomic mass is 16.6. The summed E-state index contributed by atoms with van der Waals surface area (Å²) in [7, 11) is 0. The van der Waals surface area contributed by atoms with Crippen molar-refractivity contribution >= 4 is 0 Å². The highest BCUT2D eigenvalue weighted by molar-refractivity contribution is 4.87. The molecule has 0 amide bonds. The molecule has 2 aliphatic carbocycles. The van der Waals surface area contributed by atoms with E-state index in [0.29, 0.717) is 30.8 Å². The van der Waals surface area contributed by atoms with Crippen LogP contribution in [0.4, 0.5) is 0 Å². The Hall–Kier alpha value is -0.240. The Morgan fingerprint density at radius 3 is 1.71 bits per heavy atom. The first-order valence-electron chi connectivity index (χ1n) is 13.0. The molecule has 6 nitrogen and oxygen atoms in total. The van der Waals surface area contributed by atoms with Gasteiger partial charge in [-0.15, -0.1) is 0 Å².